The van der Waals surface area contributed by atoms with E-state index in [2.05, 4.69) is 22.0 Å². The minimum Gasteiger partial charge on any atom is -0.490 e. The predicted molar refractivity (Wildman–Crippen MR) is 81.3 cm³/mol. The molecule has 0 saturated heterocycles. The van der Waals surface area contributed by atoms with Crippen molar-refractivity contribution in [2.24, 2.45) is 0 Å². The third kappa shape index (κ3) is 3.89. The molecule has 0 aliphatic heterocycles. The molecular formula is C15H11BrClNO2. The van der Waals surface area contributed by atoms with E-state index in [1.54, 1.807) is 12.1 Å². The fourth-order valence-corrected chi connectivity index (χ4v) is 2.53. The van der Waals surface area contributed by atoms with E-state index in [4.69, 9.17) is 26.3 Å². The van der Waals surface area contributed by atoms with E-state index in [-0.39, 0.29) is 0 Å². The summed E-state index contributed by atoms with van der Waals surface area (Å²) >= 11 is 9.22. The Labute approximate surface area is 130 Å². The van der Waals surface area contributed by atoms with Gasteiger partial charge in [0.25, 0.3) is 0 Å². The second-order valence-electron chi connectivity index (χ2n) is 3.89. The van der Waals surface area contributed by atoms with Gasteiger partial charge in [0, 0.05) is 5.02 Å². The Morgan fingerprint density at radius 2 is 1.80 bits per heavy atom. The Hall–Kier alpha value is -1.70. The van der Waals surface area contributed by atoms with Crippen LogP contribution in [0.5, 0.6) is 11.5 Å². The van der Waals surface area contributed by atoms with Crippen LogP contribution < -0.4 is 9.47 Å². The minimum absolute atomic E-state index is 0.337. The van der Waals surface area contributed by atoms with Gasteiger partial charge >= 0.3 is 0 Å². The zero-order valence-corrected chi connectivity index (χ0v) is 12.8. The van der Waals surface area contributed by atoms with Gasteiger partial charge in [-0.25, -0.2) is 0 Å². The first-order valence-electron chi connectivity index (χ1n) is 5.90. The number of benzene rings is 2. The topological polar surface area (TPSA) is 42.2 Å². The average Bonchev–Trinajstić information content (AvgIpc) is 2.45. The highest BCUT2D eigenvalue weighted by Gasteiger charge is 2.10. The lowest BCUT2D eigenvalue weighted by molar-refractivity contribution is 0.216. The second-order valence-corrected chi connectivity index (χ2v) is 5.18. The van der Waals surface area contributed by atoms with Gasteiger partial charge in [-0.05, 0) is 40.2 Å². The van der Waals surface area contributed by atoms with Crippen molar-refractivity contribution in [2.45, 2.75) is 0 Å². The highest BCUT2D eigenvalue weighted by molar-refractivity contribution is 9.10. The lowest BCUT2D eigenvalue weighted by atomic mass is 10.2. The molecule has 0 bridgehead atoms. The van der Waals surface area contributed by atoms with Crippen molar-refractivity contribution in [2.75, 3.05) is 13.2 Å². The van der Waals surface area contributed by atoms with Gasteiger partial charge in [-0.1, -0.05) is 29.8 Å². The summed E-state index contributed by atoms with van der Waals surface area (Å²) in [6.45, 7) is 0.730. The summed E-state index contributed by atoms with van der Waals surface area (Å²) in [4.78, 5) is 0. The van der Waals surface area contributed by atoms with Crippen LogP contribution in [-0.4, -0.2) is 13.2 Å². The molecule has 0 spiro atoms. The largest absolute Gasteiger partial charge is 0.490 e. The summed E-state index contributed by atoms with van der Waals surface area (Å²) in [7, 11) is 0. The molecule has 0 amide bonds. The molecule has 20 heavy (non-hydrogen) atoms. The van der Waals surface area contributed by atoms with E-state index in [0.717, 1.165) is 5.75 Å². The number of nitriles is 1. The Kier molecular flexibility index (Phi) is 5.28. The van der Waals surface area contributed by atoms with E-state index in [0.29, 0.717) is 34.0 Å². The fraction of sp³-hybridized carbons (Fsp3) is 0.133. The molecule has 0 aromatic heterocycles. The van der Waals surface area contributed by atoms with E-state index < -0.39 is 0 Å². The van der Waals surface area contributed by atoms with Crippen LogP contribution in [0, 0.1) is 11.3 Å². The van der Waals surface area contributed by atoms with Gasteiger partial charge in [-0.2, -0.15) is 5.26 Å². The van der Waals surface area contributed by atoms with E-state index in [1.165, 1.54) is 0 Å². The predicted octanol–water partition coefficient (Wildman–Crippen LogP) is 4.43. The van der Waals surface area contributed by atoms with Gasteiger partial charge in [0.15, 0.2) is 5.75 Å². The quantitative estimate of drug-likeness (QED) is 0.747. The number of rotatable bonds is 5. The van der Waals surface area contributed by atoms with Gasteiger partial charge < -0.3 is 9.47 Å². The van der Waals surface area contributed by atoms with Crippen molar-refractivity contribution < 1.29 is 9.47 Å². The Balaban J connectivity index is 1.93. The first-order chi connectivity index (χ1) is 9.70. The maximum atomic E-state index is 9.06. The minimum atomic E-state index is 0.337. The van der Waals surface area contributed by atoms with Crippen LogP contribution in [0.4, 0.5) is 0 Å². The summed E-state index contributed by atoms with van der Waals surface area (Å²) in [5, 5.41) is 9.55. The lowest BCUT2D eigenvalue weighted by Crippen LogP contribution is -2.10. The molecule has 0 fully saturated rings. The SMILES string of the molecule is N#Cc1cc(Cl)cc(Br)c1OCCOc1ccccc1. The van der Waals surface area contributed by atoms with E-state index >= 15 is 0 Å². The highest BCUT2D eigenvalue weighted by atomic mass is 79.9. The molecule has 3 nitrogen and oxygen atoms in total. The standard InChI is InChI=1S/C15H11BrClNO2/c16-14-9-12(17)8-11(10-18)15(14)20-7-6-19-13-4-2-1-3-5-13/h1-5,8-9H,6-7H2. The summed E-state index contributed by atoms with van der Waals surface area (Å²) in [6, 6.07) is 14.8. The van der Waals surface area contributed by atoms with Crippen molar-refractivity contribution in [3.8, 4) is 17.6 Å². The van der Waals surface area contributed by atoms with Crippen molar-refractivity contribution >= 4 is 27.5 Å². The Morgan fingerprint density at radius 3 is 2.50 bits per heavy atom. The fourth-order valence-electron chi connectivity index (χ4n) is 1.61. The number of hydrogen-bond donors (Lipinski definition) is 0. The molecule has 2 aromatic rings. The Morgan fingerprint density at radius 1 is 1.10 bits per heavy atom. The van der Waals surface area contributed by atoms with E-state index in [1.807, 2.05) is 30.3 Å². The zero-order chi connectivity index (χ0) is 14.4. The maximum absolute atomic E-state index is 9.06. The number of hydrogen-bond acceptors (Lipinski definition) is 3. The van der Waals surface area contributed by atoms with Crippen LogP contribution in [0.3, 0.4) is 0 Å². The van der Waals surface area contributed by atoms with Crippen molar-refractivity contribution in [1.29, 1.82) is 5.26 Å². The zero-order valence-electron chi connectivity index (χ0n) is 10.5. The van der Waals surface area contributed by atoms with Crippen molar-refractivity contribution in [1.82, 2.24) is 0 Å². The number of halogens is 2. The molecule has 0 heterocycles. The van der Waals surface area contributed by atoms with Crippen LogP contribution >= 0.6 is 27.5 Å². The summed E-state index contributed by atoms with van der Waals surface area (Å²) in [5.74, 6) is 1.26. The lowest BCUT2D eigenvalue weighted by Gasteiger charge is -2.11. The Bertz CT molecular complexity index is 626. The monoisotopic (exact) mass is 351 g/mol. The van der Waals surface area contributed by atoms with Crippen LogP contribution in [0.1, 0.15) is 5.56 Å². The number of para-hydroxylation sites is 1. The molecule has 0 aliphatic rings. The molecular weight excluding hydrogens is 342 g/mol. The first-order valence-corrected chi connectivity index (χ1v) is 7.07. The molecule has 2 aromatic carbocycles. The molecule has 102 valence electrons. The van der Waals surface area contributed by atoms with Gasteiger partial charge in [0.1, 0.15) is 25.0 Å². The third-order valence-electron chi connectivity index (χ3n) is 2.47. The van der Waals surface area contributed by atoms with Gasteiger partial charge in [0.2, 0.25) is 0 Å². The molecule has 0 unspecified atom stereocenters. The van der Waals surface area contributed by atoms with Crippen LogP contribution in [0.15, 0.2) is 46.9 Å². The van der Waals surface area contributed by atoms with Crippen LogP contribution in [0.25, 0.3) is 0 Å². The van der Waals surface area contributed by atoms with Crippen LogP contribution in [-0.2, 0) is 0 Å². The summed E-state index contributed by atoms with van der Waals surface area (Å²) in [5.41, 5.74) is 0.393. The normalized spacial score (nSPS) is 9.85. The van der Waals surface area contributed by atoms with Gasteiger partial charge in [0.05, 0.1) is 10.0 Å². The molecule has 0 N–H and O–H groups in total. The smallest absolute Gasteiger partial charge is 0.151 e. The van der Waals surface area contributed by atoms with E-state index in [9.17, 15) is 0 Å². The third-order valence-corrected chi connectivity index (χ3v) is 3.28. The second kappa shape index (κ2) is 7.18. The van der Waals surface area contributed by atoms with Crippen molar-refractivity contribution in [3.63, 3.8) is 0 Å². The van der Waals surface area contributed by atoms with Gasteiger partial charge in [-0.15, -0.1) is 0 Å². The van der Waals surface area contributed by atoms with Crippen LogP contribution in [0.2, 0.25) is 5.02 Å². The summed E-state index contributed by atoms with van der Waals surface area (Å²) < 4.78 is 11.8. The average molecular weight is 353 g/mol. The first kappa shape index (κ1) is 14.7. The summed E-state index contributed by atoms with van der Waals surface area (Å²) in [6.07, 6.45) is 0. The molecule has 0 saturated carbocycles. The van der Waals surface area contributed by atoms with Gasteiger partial charge in [-0.3, -0.25) is 0 Å². The molecule has 0 radical (unpaired) electrons. The molecule has 0 aliphatic carbocycles. The highest BCUT2D eigenvalue weighted by Crippen LogP contribution is 2.32. The molecule has 0 atom stereocenters. The van der Waals surface area contributed by atoms with Crippen molar-refractivity contribution in [3.05, 3.63) is 57.5 Å². The number of ether oxygens (including phenoxy) is 2. The molecule has 2 rings (SSSR count). The molecule has 5 heteroatoms. The number of nitrogens with zero attached hydrogens (tertiary/aromatic N) is 1. The maximum Gasteiger partial charge on any atom is 0.151 e.